The summed E-state index contributed by atoms with van der Waals surface area (Å²) in [4.78, 5) is 11.2. The van der Waals surface area contributed by atoms with Crippen LogP contribution in [-0.2, 0) is 4.74 Å². The van der Waals surface area contributed by atoms with Gasteiger partial charge in [-0.1, -0.05) is 23.2 Å². The zero-order valence-electron chi connectivity index (χ0n) is 17.2. The Balaban J connectivity index is 1.48. The van der Waals surface area contributed by atoms with Gasteiger partial charge in [0.2, 0.25) is 0 Å². The highest BCUT2D eigenvalue weighted by molar-refractivity contribution is 6.42. The first-order chi connectivity index (χ1) is 15.1. The fourth-order valence-corrected chi connectivity index (χ4v) is 3.74. The standard InChI is InChI=1S/C22H24Cl2N4O3/c1-29-20-12-16-19(13-21(20)31-8-2-5-28-6-9-30-10-7-28)25-14-26-22(16)27-15-3-4-17(23)18(24)11-15/h3-4,11-14H,2,5-10H2,1H3,(H,25,26,27). The summed E-state index contributed by atoms with van der Waals surface area (Å²) < 4.78 is 17.0. The minimum atomic E-state index is 0.468. The number of hydrogen-bond donors (Lipinski definition) is 1. The van der Waals surface area contributed by atoms with E-state index in [1.165, 1.54) is 6.33 Å². The van der Waals surface area contributed by atoms with Crippen LogP contribution in [0.25, 0.3) is 10.9 Å². The number of rotatable bonds is 8. The van der Waals surface area contributed by atoms with Crippen LogP contribution < -0.4 is 14.8 Å². The average Bonchev–Trinajstić information content (AvgIpc) is 2.79. The van der Waals surface area contributed by atoms with Gasteiger partial charge in [0.25, 0.3) is 0 Å². The number of fused-ring (bicyclic) bond motifs is 1. The van der Waals surface area contributed by atoms with Gasteiger partial charge in [0.15, 0.2) is 11.5 Å². The van der Waals surface area contributed by atoms with Crippen molar-refractivity contribution in [1.82, 2.24) is 14.9 Å². The molecule has 1 aromatic heterocycles. The van der Waals surface area contributed by atoms with Crippen LogP contribution in [0, 0.1) is 0 Å². The molecule has 31 heavy (non-hydrogen) atoms. The normalized spacial score (nSPS) is 14.5. The van der Waals surface area contributed by atoms with Crippen LogP contribution >= 0.6 is 23.2 Å². The Bertz CT molecular complexity index is 1040. The first-order valence-corrected chi connectivity index (χ1v) is 10.9. The molecule has 1 N–H and O–H groups in total. The first kappa shape index (κ1) is 21.9. The molecule has 2 aromatic carbocycles. The molecular formula is C22H24Cl2N4O3. The van der Waals surface area contributed by atoms with Gasteiger partial charge in [-0.3, -0.25) is 4.90 Å². The Hall–Kier alpha value is -2.32. The summed E-state index contributed by atoms with van der Waals surface area (Å²) in [5, 5.41) is 5.04. The second kappa shape index (κ2) is 10.3. The third-order valence-corrected chi connectivity index (χ3v) is 5.82. The molecule has 0 aliphatic carbocycles. The van der Waals surface area contributed by atoms with Crippen molar-refractivity contribution in [3.63, 3.8) is 0 Å². The fraction of sp³-hybridized carbons (Fsp3) is 0.364. The summed E-state index contributed by atoms with van der Waals surface area (Å²) in [5.41, 5.74) is 1.53. The van der Waals surface area contributed by atoms with Gasteiger partial charge < -0.3 is 19.5 Å². The fourth-order valence-electron chi connectivity index (χ4n) is 3.44. The van der Waals surface area contributed by atoms with Gasteiger partial charge in [-0.15, -0.1) is 0 Å². The van der Waals surface area contributed by atoms with Crippen molar-refractivity contribution in [3.8, 4) is 11.5 Å². The van der Waals surface area contributed by atoms with Crippen molar-refractivity contribution in [2.75, 3.05) is 51.9 Å². The number of hydrogen-bond acceptors (Lipinski definition) is 7. The van der Waals surface area contributed by atoms with Crippen LogP contribution in [0.3, 0.4) is 0 Å². The Kier molecular flexibility index (Phi) is 7.29. The maximum absolute atomic E-state index is 6.13. The number of halogens is 2. The van der Waals surface area contributed by atoms with E-state index in [2.05, 4.69) is 20.2 Å². The van der Waals surface area contributed by atoms with Crippen LogP contribution in [0.4, 0.5) is 11.5 Å². The lowest BCUT2D eigenvalue weighted by Crippen LogP contribution is -2.37. The van der Waals surface area contributed by atoms with Gasteiger partial charge in [-0.25, -0.2) is 9.97 Å². The van der Waals surface area contributed by atoms with Crippen LogP contribution in [0.5, 0.6) is 11.5 Å². The van der Waals surface area contributed by atoms with Crippen LogP contribution in [0.2, 0.25) is 10.0 Å². The highest BCUT2D eigenvalue weighted by atomic mass is 35.5. The Morgan fingerprint density at radius 3 is 2.68 bits per heavy atom. The molecule has 164 valence electrons. The number of aromatic nitrogens is 2. The maximum Gasteiger partial charge on any atom is 0.163 e. The van der Waals surface area contributed by atoms with Crippen molar-refractivity contribution in [3.05, 3.63) is 46.7 Å². The Labute approximate surface area is 191 Å². The van der Waals surface area contributed by atoms with E-state index in [9.17, 15) is 0 Å². The lowest BCUT2D eigenvalue weighted by molar-refractivity contribution is 0.0357. The summed E-state index contributed by atoms with van der Waals surface area (Å²) in [6.07, 6.45) is 2.44. The predicted octanol–water partition coefficient (Wildman–Crippen LogP) is 4.79. The molecule has 1 saturated heterocycles. The quantitative estimate of drug-likeness (QED) is 0.482. The van der Waals surface area contributed by atoms with Crippen molar-refractivity contribution in [2.24, 2.45) is 0 Å². The molecule has 2 heterocycles. The zero-order chi connectivity index (χ0) is 21.6. The maximum atomic E-state index is 6.13. The first-order valence-electron chi connectivity index (χ1n) is 10.1. The minimum Gasteiger partial charge on any atom is -0.493 e. The third-order valence-electron chi connectivity index (χ3n) is 5.08. The number of benzene rings is 2. The van der Waals surface area contributed by atoms with E-state index >= 15 is 0 Å². The molecule has 0 spiro atoms. The summed E-state index contributed by atoms with van der Waals surface area (Å²) in [7, 11) is 1.62. The van der Waals surface area contributed by atoms with E-state index in [-0.39, 0.29) is 0 Å². The van der Waals surface area contributed by atoms with E-state index in [1.807, 2.05) is 18.2 Å². The lowest BCUT2D eigenvalue weighted by Gasteiger charge is -2.26. The predicted molar refractivity (Wildman–Crippen MR) is 123 cm³/mol. The van der Waals surface area contributed by atoms with E-state index in [1.54, 1.807) is 19.2 Å². The molecule has 1 aliphatic heterocycles. The molecule has 0 amide bonds. The van der Waals surface area contributed by atoms with Crippen molar-refractivity contribution in [1.29, 1.82) is 0 Å². The number of nitrogens with one attached hydrogen (secondary N) is 1. The summed E-state index contributed by atoms with van der Waals surface area (Å²) in [5.74, 6) is 1.93. The molecule has 0 bridgehead atoms. The van der Waals surface area contributed by atoms with E-state index in [0.717, 1.165) is 55.9 Å². The zero-order valence-corrected chi connectivity index (χ0v) is 18.7. The van der Waals surface area contributed by atoms with Crippen LogP contribution in [-0.4, -0.2) is 61.4 Å². The monoisotopic (exact) mass is 462 g/mol. The number of nitrogens with zero attached hydrogens (tertiary/aromatic N) is 3. The molecule has 3 aromatic rings. The highest BCUT2D eigenvalue weighted by Gasteiger charge is 2.13. The Morgan fingerprint density at radius 1 is 1.06 bits per heavy atom. The topological polar surface area (TPSA) is 68.7 Å². The van der Waals surface area contributed by atoms with Crippen molar-refractivity contribution < 1.29 is 14.2 Å². The number of anilines is 2. The summed E-state index contributed by atoms with van der Waals surface area (Å²) >= 11 is 12.1. The van der Waals surface area contributed by atoms with Gasteiger partial charge in [-0.05, 0) is 30.7 Å². The van der Waals surface area contributed by atoms with Gasteiger partial charge in [-0.2, -0.15) is 0 Å². The van der Waals surface area contributed by atoms with Gasteiger partial charge >= 0.3 is 0 Å². The van der Waals surface area contributed by atoms with E-state index in [0.29, 0.717) is 34.0 Å². The van der Waals surface area contributed by atoms with Crippen molar-refractivity contribution in [2.45, 2.75) is 6.42 Å². The SMILES string of the molecule is COc1cc2c(Nc3ccc(Cl)c(Cl)c3)ncnc2cc1OCCCN1CCOCC1. The molecule has 0 unspecified atom stereocenters. The average molecular weight is 463 g/mol. The van der Waals surface area contributed by atoms with Gasteiger partial charge in [0.05, 0.1) is 42.5 Å². The smallest absolute Gasteiger partial charge is 0.163 e. The lowest BCUT2D eigenvalue weighted by atomic mass is 10.2. The molecule has 4 rings (SSSR count). The Morgan fingerprint density at radius 2 is 1.90 bits per heavy atom. The molecule has 1 aliphatic rings. The molecule has 9 heteroatoms. The molecule has 0 atom stereocenters. The van der Waals surface area contributed by atoms with E-state index < -0.39 is 0 Å². The van der Waals surface area contributed by atoms with Crippen LogP contribution in [0.1, 0.15) is 6.42 Å². The number of methoxy groups -OCH3 is 1. The number of ether oxygens (including phenoxy) is 3. The highest BCUT2D eigenvalue weighted by Crippen LogP contribution is 2.35. The van der Waals surface area contributed by atoms with Gasteiger partial charge in [0.1, 0.15) is 12.1 Å². The summed E-state index contributed by atoms with van der Waals surface area (Å²) in [6.45, 7) is 5.14. The second-order valence-electron chi connectivity index (χ2n) is 7.15. The molecule has 7 nitrogen and oxygen atoms in total. The van der Waals surface area contributed by atoms with E-state index in [4.69, 9.17) is 37.4 Å². The second-order valence-corrected chi connectivity index (χ2v) is 7.97. The number of morpholine rings is 1. The minimum absolute atomic E-state index is 0.468. The van der Waals surface area contributed by atoms with Gasteiger partial charge in [0, 0.05) is 36.8 Å². The largest absolute Gasteiger partial charge is 0.493 e. The molecule has 1 fully saturated rings. The molecule has 0 saturated carbocycles. The summed E-state index contributed by atoms with van der Waals surface area (Å²) in [6, 6.07) is 9.09. The molecular weight excluding hydrogens is 439 g/mol. The third kappa shape index (κ3) is 5.49. The van der Waals surface area contributed by atoms with Crippen LogP contribution in [0.15, 0.2) is 36.7 Å². The van der Waals surface area contributed by atoms with Crippen molar-refractivity contribution >= 4 is 45.6 Å². The molecule has 0 radical (unpaired) electrons.